The smallest absolute Gasteiger partial charge is 0.259 e. The van der Waals surface area contributed by atoms with E-state index in [-0.39, 0.29) is 51.9 Å². The SMILES string of the molecule is Cc1cc(-n2cc(CNC(=O)C3CCN(C(=O)c4c(-c5c(F)cccc5Cl)noc4C)CC3)nn2)ccc1Br. The quantitative estimate of drug-likeness (QED) is 0.317. The third kappa shape index (κ3) is 5.60. The molecule has 9 nitrogen and oxygen atoms in total. The first kappa shape index (κ1) is 27.0. The predicted octanol–water partition coefficient (Wildman–Crippen LogP) is 5.26. The molecule has 0 spiro atoms. The Labute approximate surface area is 237 Å². The first-order chi connectivity index (χ1) is 18.7. The predicted molar refractivity (Wildman–Crippen MR) is 146 cm³/mol. The molecule has 0 radical (unpaired) electrons. The highest BCUT2D eigenvalue weighted by molar-refractivity contribution is 9.10. The van der Waals surface area contributed by atoms with Crippen molar-refractivity contribution in [1.29, 1.82) is 0 Å². The monoisotopic (exact) mass is 614 g/mol. The summed E-state index contributed by atoms with van der Waals surface area (Å²) in [6.07, 6.45) is 2.76. The molecular weight excluding hydrogens is 591 g/mol. The topological polar surface area (TPSA) is 106 Å². The second-order valence-corrected chi connectivity index (χ2v) is 10.7. The maximum atomic E-state index is 14.5. The van der Waals surface area contributed by atoms with Gasteiger partial charge in [-0.15, -0.1) is 5.10 Å². The number of likely N-dealkylation sites (tertiary alicyclic amines) is 1. The molecule has 1 fully saturated rings. The normalized spacial score (nSPS) is 14.0. The van der Waals surface area contributed by atoms with Gasteiger partial charge in [-0.25, -0.2) is 9.07 Å². The number of halogens is 3. The van der Waals surface area contributed by atoms with Crippen molar-refractivity contribution >= 4 is 39.3 Å². The Morgan fingerprint density at radius 2 is 1.97 bits per heavy atom. The molecule has 0 saturated carbocycles. The van der Waals surface area contributed by atoms with E-state index in [1.807, 2.05) is 25.1 Å². The Hall–Kier alpha value is -3.57. The van der Waals surface area contributed by atoms with Gasteiger partial charge in [0.15, 0.2) is 0 Å². The van der Waals surface area contributed by atoms with Crippen molar-refractivity contribution in [1.82, 2.24) is 30.4 Å². The van der Waals surface area contributed by atoms with Gasteiger partial charge in [0.25, 0.3) is 5.91 Å². The molecule has 202 valence electrons. The maximum absolute atomic E-state index is 14.5. The molecule has 0 unspecified atom stereocenters. The van der Waals surface area contributed by atoms with Crippen LogP contribution in [0.5, 0.6) is 0 Å². The lowest BCUT2D eigenvalue weighted by Crippen LogP contribution is -2.43. The Balaban J connectivity index is 1.18. The highest BCUT2D eigenvalue weighted by atomic mass is 79.9. The summed E-state index contributed by atoms with van der Waals surface area (Å²) in [5.74, 6) is -0.993. The average Bonchev–Trinajstić information content (AvgIpc) is 3.55. The van der Waals surface area contributed by atoms with Crippen LogP contribution in [0.15, 0.2) is 51.6 Å². The van der Waals surface area contributed by atoms with Crippen molar-refractivity contribution in [3.05, 3.63) is 80.5 Å². The molecule has 4 aromatic rings. The van der Waals surface area contributed by atoms with Gasteiger partial charge in [0.1, 0.15) is 28.5 Å². The first-order valence-corrected chi connectivity index (χ1v) is 13.6. The number of nitrogens with zero attached hydrogens (tertiary/aromatic N) is 5. The lowest BCUT2D eigenvalue weighted by molar-refractivity contribution is -0.126. The zero-order valence-corrected chi connectivity index (χ0v) is 23.6. The number of amides is 2. The van der Waals surface area contributed by atoms with E-state index in [0.29, 0.717) is 31.6 Å². The van der Waals surface area contributed by atoms with Gasteiger partial charge >= 0.3 is 0 Å². The second-order valence-electron chi connectivity index (χ2n) is 9.43. The van der Waals surface area contributed by atoms with E-state index in [9.17, 15) is 14.0 Å². The number of aryl methyl sites for hydroxylation is 2. The number of hydrogen-bond acceptors (Lipinski definition) is 6. The van der Waals surface area contributed by atoms with Crippen molar-refractivity contribution in [3.63, 3.8) is 0 Å². The Kier molecular flexibility index (Phi) is 7.81. The molecule has 2 aromatic carbocycles. The van der Waals surface area contributed by atoms with Crippen molar-refractivity contribution < 1.29 is 18.5 Å². The standard InChI is InChI=1S/C27H25BrClFN6O3/c1-15-12-19(6-7-20(15)28)36-14-18(32-34-36)13-31-26(37)17-8-10-35(11-9-17)27(38)23-16(2)39-33-25(23)24-21(29)4-3-5-22(24)30/h3-7,12,14,17H,8-11,13H2,1-2H3,(H,31,37). The third-order valence-corrected chi connectivity index (χ3v) is 8.02. The minimum Gasteiger partial charge on any atom is -0.360 e. The van der Waals surface area contributed by atoms with Gasteiger partial charge in [-0.3, -0.25) is 9.59 Å². The lowest BCUT2D eigenvalue weighted by Gasteiger charge is -2.31. The maximum Gasteiger partial charge on any atom is 0.259 e. The molecule has 2 aromatic heterocycles. The van der Waals surface area contributed by atoms with Gasteiger partial charge < -0.3 is 14.7 Å². The highest BCUT2D eigenvalue weighted by Crippen LogP contribution is 2.34. The number of nitrogens with one attached hydrogen (secondary N) is 1. The number of piperidine rings is 1. The van der Waals surface area contributed by atoms with Crippen LogP contribution >= 0.6 is 27.5 Å². The fourth-order valence-corrected chi connectivity index (χ4v) is 5.12. The number of benzene rings is 2. The van der Waals surface area contributed by atoms with Gasteiger partial charge in [0.2, 0.25) is 5.91 Å². The lowest BCUT2D eigenvalue weighted by atomic mass is 9.95. The molecule has 1 aliphatic heterocycles. The van der Waals surface area contributed by atoms with E-state index in [4.69, 9.17) is 16.1 Å². The number of hydrogen-bond donors (Lipinski definition) is 1. The number of carbonyl (C=O) groups is 2. The fourth-order valence-electron chi connectivity index (χ4n) is 4.62. The minimum atomic E-state index is -0.591. The van der Waals surface area contributed by atoms with Gasteiger partial charge in [-0.2, -0.15) is 0 Å². The molecule has 39 heavy (non-hydrogen) atoms. The van der Waals surface area contributed by atoms with Crippen LogP contribution in [0.4, 0.5) is 4.39 Å². The Bertz CT molecular complexity index is 1530. The van der Waals surface area contributed by atoms with E-state index in [0.717, 1.165) is 15.7 Å². The van der Waals surface area contributed by atoms with Crippen LogP contribution in [0.3, 0.4) is 0 Å². The summed E-state index contributed by atoms with van der Waals surface area (Å²) in [4.78, 5) is 27.9. The molecular formula is C27H25BrClFN6O3. The van der Waals surface area contributed by atoms with Gasteiger partial charge in [-0.1, -0.05) is 44.0 Å². The van der Waals surface area contributed by atoms with Crippen molar-refractivity contribution in [3.8, 4) is 16.9 Å². The van der Waals surface area contributed by atoms with Crippen molar-refractivity contribution in [2.75, 3.05) is 13.1 Å². The van der Waals surface area contributed by atoms with Crippen LogP contribution < -0.4 is 5.32 Å². The van der Waals surface area contributed by atoms with Crippen LogP contribution in [0.2, 0.25) is 5.02 Å². The van der Waals surface area contributed by atoms with E-state index in [1.165, 1.54) is 18.2 Å². The zero-order valence-electron chi connectivity index (χ0n) is 21.2. The molecule has 3 heterocycles. The van der Waals surface area contributed by atoms with Crippen molar-refractivity contribution in [2.45, 2.75) is 33.2 Å². The minimum absolute atomic E-state index is 0.0285. The van der Waals surface area contributed by atoms with Crippen molar-refractivity contribution in [2.24, 2.45) is 5.92 Å². The van der Waals surface area contributed by atoms with Crippen LogP contribution in [0.25, 0.3) is 16.9 Å². The van der Waals surface area contributed by atoms with Crippen LogP contribution in [0.1, 0.15) is 40.2 Å². The summed E-state index contributed by atoms with van der Waals surface area (Å²) in [5.41, 5.74) is 2.87. The van der Waals surface area contributed by atoms with Crippen LogP contribution in [-0.4, -0.2) is 50.0 Å². The fraction of sp³-hybridized carbons (Fsp3) is 0.296. The van der Waals surface area contributed by atoms with Gasteiger partial charge in [0, 0.05) is 23.5 Å². The molecule has 1 N–H and O–H groups in total. The summed E-state index contributed by atoms with van der Waals surface area (Å²) >= 11 is 9.69. The van der Waals surface area contributed by atoms with E-state index < -0.39 is 5.82 Å². The molecule has 2 amide bonds. The molecule has 0 atom stereocenters. The summed E-state index contributed by atoms with van der Waals surface area (Å²) in [7, 11) is 0. The third-order valence-electron chi connectivity index (χ3n) is 6.82. The summed E-state index contributed by atoms with van der Waals surface area (Å²) in [5, 5.41) is 15.3. The number of carbonyl (C=O) groups excluding carboxylic acids is 2. The largest absolute Gasteiger partial charge is 0.360 e. The number of rotatable bonds is 6. The zero-order chi connectivity index (χ0) is 27.7. The Morgan fingerprint density at radius 3 is 2.69 bits per heavy atom. The average molecular weight is 616 g/mol. The van der Waals surface area contributed by atoms with Crippen LogP contribution in [0, 0.1) is 25.6 Å². The van der Waals surface area contributed by atoms with Crippen LogP contribution in [-0.2, 0) is 11.3 Å². The summed E-state index contributed by atoms with van der Waals surface area (Å²) in [6.45, 7) is 4.58. The molecule has 0 bridgehead atoms. The summed E-state index contributed by atoms with van der Waals surface area (Å²) < 4.78 is 22.5. The number of aromatic nitrogens is 4. The van der Waals surface area contributed by atoms with Gasteiger partial charge in [-0.05, 0) is 62.6 Å². The summed E-state index contributed by atoms with van der Waals surface area (Å²) in [6, 6.07) is 10.1. The molecule has 0 aliphatic carbocycles. The molecule has 5 rings (SSSR count). The second kappa shape index (κ2) is 11.3. The molecule has 1 aliphatic rings. The molecule has 1 saturated heterocycles. The molecule has 12 heteroatoms. The van der Waals surface area contributed by atoms with Gasteiger partial charge in [0.05, 0.1) is 29.0 Å². The van der Waals surface area contributed by atoms with E-state index in [1.54, 1.807) is 22.7 Å². The Morgan fingerprint density at radius 1 is 1.21 bits per heavy atom. The van der Waals surface area contributed by atoms with E-state index in [2.05, 4.69) is 36.7 Å². The highest BCUT2D eigenvalue weighted by Gasteiger charge is 2.32. The van der Waals surface area contributed by atoms with E-state index >= 15 is 0 Å². The first-order valence-electron chi connectivity index (χ1n) is 12.4.